The van der Waals surface area contributed by atoms with Crippen LogP contribution >= 0.6 is 0 Å². The van der Waals surface area contributed by atoms with E-state index in [1.165, 1.54) is 18.4 Å². The molecule has 84 valence electrons. The molecule has 0 atom stereocenters. The molecule has 16 heavy (non-hydrogen) atoms. The van der Waals surface area contributed by atoms with Crippen molar-refractivity contribution < 1.29 is 14.0 Å². The number of hydrogen-bond donors (Lipinski definition) is 2. The lowest BCUT2D eigenvalue weighted by Gasteiger charge is -2.01. The van der Waals surface area contributed by atoms with Gasteiger partial charge in [-0.1, -0.05) is 18.2 Å². The maximum absolute atomic E-state index is 11.3. The molecule has 0 spiro atoms. The molecule has 0 radical (unpaired) electrons. The van der Waals surface area contributed by atoms with Crippen LogP contribution in [0.4, 0.5) is 0 Å². The number of carbonyl (C=O) groups excluding carboxylic acids is 2. The lowest BCUT2D eigenvalue weighted by Crippen LogP contribution is -2.40. The highest BCUT2D eigenvalue weighted by Gasteiger charge is 2.07. The molecule has 0 saturated carbocycles. The molecule has 1 aromatic rings. The predicted molar refractivity (Wildman–Crippen MR) is 58.3 cm³/mol. The van der Waals surface area contributed by atoms with Gasteiger partial charge in [0, 0.05) is 6.08 Å². The Bertz CT molecular complexity index is 405. The first-order valence-electron chi connectivity index (χ1n) is 4.67. The topological polar surface area (TPSA) is 71.3 Å². The second-order valence-corrected chi connectivity index (χ2v) is 2.81. The minimum absolute atomic E-state index is 0.137. The summed E-state index contributed by atoms with van der Waals surface area (Å²) in [7, 11) is 0. The van der Waals surface area contributed by atoms with E-state index in [4.69, 9.17) is 4.42 Å². The molecule has 0 fully saturated rings. The summed E-state index contributed by atoms with van der Waals surface area (Å²) < 4.78 is 4.83. The fourth-order valence-corrected chi connectivity index (χ4v) is 0.883. The van der Waals surface area contributed by atoms with Gasteiger partial charge >= 0.3 is 5.91 Å². The van der Waals surface area contributed by atoms with Crippen molar-refractivity contribution >= 4 is 11.8 Å². The molecule has 2 amide bonds. The van der Waals surface area contributed by atoms with Crippen LogP contribution in [0.2, 0.25) is 0 Å². The number of amides is 2. The van der Waals surface area contributed by atoms with Crippen molar-refractivity contribution in [2.45, 2.75) is 6.92 Å². The van der Waals surface area contributed by atoms with Crippen LogP contribution in [0.1, 0.15) is 17.5 Å². The van der Waals surface area contributed by atoms with Crippen molar-refractivity contribution in [1.29, 1.82) is 0 Å². The first-order chi connectivity index (χ1) is 7.74. The zero-order valence-corrected chi connectivity index (χ0v) is 8.77. The van der Waals surface area contributed by atoms with Crippen LogP contribution in [0.15, 0.2) is 47.1 Å². The number of allylic oxidation sites excluding steroid dienone is 3. The molecular formula is C11H12N2O3. The predicted octanol–water partition coefficient (Wildman–Crippen LogP) is 1.17. The molecule has 5 heteroatoms. The van der Waals surface area contributed by atoms with Crippen molar-refractivity contribution in [3.8, 4) is 0 Å². The van der Waals surface area contributed by atoms with Crippen molar-refractivity contribution in [2.75, 3.05) is 0 Å². The lowest BCUT2D eigenvalue weighted by atomic mass is 10.4. The average Bonchev–Trinajstić information content (AvgIpc) is 2.79. The van der Waals surface area contributed by atoms with E-state index < -0.39 is 11.8 Å². The fourth-order valence-electron chi connectivity index (χ4n) is 0.883. The van der Waals surface area contributed by atoms with E-state index in [1.54, 1.807) is 24.3 Å². The number of hydrazine groups is 1. The van der Waals surface area contributed by atoms with E-state index in [0.29, 0.717) is 0 Å². The largest absolute Gasteiger partial charge is 0.459 e. The Balaban J connectivity index is 2.35. The van der Waals surface area contributed by atoms with Gasteiger partial charge in [-0.25, -0.2) is 0 Å². The number of carbonyl (C=O) groups is 2. The highest BCUT2D eigenvalue weighted by atomic mass is 16.3. The molecule has 0 aliphatic carbocycles. The normalized spacial score (nSPS) is 10.8. The summed E-state index contributed by atoms with van der Waals surface area (Å²) in [6, 6.07) is 3.08. The van der Waals surface area contributed by atoms with E-state index in [2.05, 4.69) is 10.9 Å². The van der Waals surface area contributed by atoms with Crippen LogP contribution in [0.3, 0.4) is 0 Å². The van der Waals surface area contributed by atoms with E-state index >= 15 is 0 Å². The molecule has 0 aliphatic rings. The molecule has 1 heterocycles. The highest BCUT2D eigenvalue weighted by Crippen LogP contribution is 1.97. The van der Waals surface area contributed by atoms with Crippen molar-refractivity contribution in [3.05, 3.63) is 48.5 Å². The molecule has 2 N–H and O–H groups in total. The third-order valence-corrected chi connectivity index (χ3v) is 1.60. The van der Waals surface area contributed by atoms with Gasteiger partial charge in [-0.15, -0.1) is 0 Å². The molecule has 5 nitrogen and oxygen atoms in total. The quantitative estimate of drug-likeness (QED) is 0.456. The maximum atomic E-state index is 11.3. The monoisotopic (exact) mass is 220 g/mol. The number of rotatable bonds is 3. The Morgan fingerprint density at radius 3 is 2.75 bits per heavy atom. The Kier molecular flexibility index (Phi) is 4.59. The Labute approximate surface area is 92.8 Å². The van der Waals surface area contributed by atoms with Gasteiger partial charge in [-0.2, -0.15) is 0 Å². The van der Waals surface area contributed by atoms with Crippen LogP contribution in [0.25, 0.3) is 0 Å². The molecule has 1 aromatic heterocycles. The van der Waals surface area contributed by atoms with Crippen molar-refractivity contribution in [1.82, 2.24) is 10.9 Å². The van der Waals surface area contributed by atoms with Crippen LogP contribution < -0.4 is 10.9 Å². The van der Waals surface area contributed by atoms with Gasteiger partial charge in [-0.3, -0.25) is 20.4 Å². The van der Waals surface area contributed by atoms with Gasteiger partial charge < -0.3 is 4.42 Å². The average molecular weight is 220 g/mol. The summed E-state index contributed by atoms with van der Waals surface area (Å²) >= 11 is 0. The molecule has 0 aromatic carbocycles. The summed E-state index contributed by atoms with van der Waals surface area (Å²) in [5.41, 5.74) is 4.41. The van der Waals surface area contributed by atoms with E-state index in [1.807, 2.05) is 6.92 Å². The lowest BCUT2D eigenvalue weighted by molar-refractivity contribution is -0.117. The third kappa shape index (κ3) is 3.83. The second kappa shape index (κ2) is 6.23. The standard InChI is InChI=1S/C11H12N2O3/c1-2-3-4-7-10(14)12-13-11(15)9-6-5-8-16-9/h2-8H,1H3,(H,12,14)(H,13,15)/b3-2+,7-4+. The second-order valence-electron chi connectivity index (χ2n) is 2.81. The summed E-state index contributed by atoms with van der Waals surface area (Å²) in [5.74, 6) is -0.784. The Morgan fingerprint density at radius 1 is 1.31 bits per heavy atom. The van der Waals surface area contributed by atoms with Crippen molar-refractivity contribution in [3.63, 3.8) is 0 Å². The summed E-state index contributed by atoms with van der Waals surface area (Å²) in [6.45, 7) is 1.83. The third-order valence-electron chi connectivity index (χ3n) is 1.60. The minimum Gasteiger partial charge on any atom is -0.459 e. The van der Waals surface area contributed by atoms with Gasteiger partial charge in [-0.05, 0) is 19.1 Å². The van der Waals surface area contributed by atoms with E-state index in [-0.39, 0.29) is 5.76 Å². The smallest absolute Gasteiger partial charge is 0.305 e. The number of furan rings is 1. The van der Waals surface area contributed by atoms with Gasteiger partial charge in [0.05, 0.1) is 6.26 Å². The molecule has 0 saturated heterocycles. The Morgan fingerprint density at radius 2 is 2.12 bits per heavy atom. The van der Waals surface area contributed by atoms with E-state index in [9.17, 15) is 9.59 Å². The summed E-state index contributed by atoms with van der Waals surface area (Å²) in [4.78, 5) is 22.4. The highest BCUT2D eigenvalue weighted by molar-refractivity contribution is 5.94. The molecule has 0 unspecified atom stereocenters. The fraction of sp³-hybridized carbons (Fsp3) is 0.0909. The zero-order chi connectivity index (χ0) is 11.8. The summed E-state index contributed by atoms with van der Waals surface area (Å²) in [6.07, 6.45) is 7.72. The molecule has 1 rings (SSSR count). The maximum Gasteiger partial charge on any atom is 0.305 e. The van der Waals surface area contributed by atoms with E-state index in [0.717, 1.165) is 0 Å². The Hall–Kier alpha value is -2.30. The first kappa shape index (κ1) is 11.8. The summed E-state index contributed by atoms with van der Waals surface area (Å²) in [5, 5.41) is 0. The SMILES string of the molecule is C/C=C/C=C/C(=O)NNC(=O)c1ccco1. The van der Waals surface area contributed by atoms with Crippen molar-refractivity contribution in [2.24, 2.45) is 0 Å². The van der Waals surface area contributed by atoms with Crippen LogP contribution in [-0.2, 0) is 4.79 Å². The van der Waals surface area contributed by atoms with Gasteiger partial charge in [0.15, 0.2) is 5.76 Å². The van der Waals surface area contributed by atoms with Gasteiger partial charge in [0.25, 0.3) is 5.91 Å². The molecule has 0 aliphatic heterocycles. The first-order valence-corrected chi connectivity index (χ1v) is 4.67. The number of nitrogens with one attached hydrogen (secondary N) is 2. The van der Waals surface area contributed by atoms with Crippen LogP contribution in [0, 0.1) is 0 Å². The van der Waals surface area contributed by atoms with Crippen LogP contribution in [-0.4, -0.2) is 11.8 Å². The zero-order valence-electron chi connectivity index (χ0n) is 8.77. The molecular weight excluding hydrogens is 208 g/mol. The minimum atomic E-state index is -0.502. The number of hydrogen-bond acceptors (Lipinski definition) is 3. The molecule has 0 bridgehead atoms. The van der Waals surface area contributed by atoms with Gasteiger partial charge in [0.1, 0.15) is 0 Å². The van der Waals surface area contributed by atoms with Crippen LogP contribution in [0.5, 0.6) is 0 Å². The van der Waals surface area contributed by atoms with Gasteiger partial charge in [0.2, 0.25) is 0 Å².